The monoisotopic (exact) mass is 339 g/mol. The van der Waals surface area contributed by atoms with Crippen molar-refractivity contribution in [3.8, 4) is 0 Å². The van der Waals surface area contributed by atoms with E-state index in [1.807, 2.05) is 0 Å². The van der Waals surface area contributed by atoms with Gasteiger partial charge in [-0.05, 0) is 13.0 Å². The van der Waals surface area contributed by atoms with Gasteiger partial charge in [-0.1, -0.05) is 0 Å². The first-order chi connectivity index (χ1) is 6.06. The first kappa shape index (κ1) is 32.9. The first-order valence-electron chi connectivity index (χ1n) is 3.60. The van der Waals surface area contributed by atoms with E-state index in [9.17, 15) is 14.2 Å². The Morgan fingerprint density at radius 2 is 1.28 bits per heavy atom. The Kier molecular flexibility index (Phi) is 23.2. The van der Waals surface area contributed by atoms with Crippen LogP contribution in [0.25, 0.3) is 0 Å². The van der Waals surface area contributed by atoms with Crippen molar-refractivity contribution in [2.75, 3.05) is 6.54 Å². The Bertz CT molecular complexity index is 282. The van der Waals surface area contributed by atoms with Gasteiger partial charge >= 0.3 is 104 Å². The quantitative estimate of drug-likeness (QED) is 0.210. The molecule has 0 aliphatic carbocycles. The van der Waals surface area contributed by atoms with Gasteiger partial charge in [0.25, 0.3) is 5.08 Å². The number of nitrogens with two attached hydrogens (primary N) is 1. The smallest absolute Gasteiger partial charge is 1.00 e. The molecule has 0 spiro atoms. The molecule has 0 amide bonds. The SMILES string of the molecule is NCCCC(O)(P(=O)(O)O)P(=O)(O)O.O.[H-].[H-].[H-].[Na+].[Na+].[Na+]. The number of rotatable bonds is 5. The van der Waals surface area contributed by atoms with Gasteiger partial charge in [-0.3, -0.25) is 9.13 Å². The molecule has 0 saturated heterocycles. The van der Waals surface area contributed by atoms with Crippen LogP contribution in [0.2, 0.25) is 0 Å². The van der Waals surface area contributed by atoms with Crippen LogP contribution in [0.15, 0.2) is 0 Å². The standard InChI is InChI=1S/C4H13NO7P2.3Na.H2O.3H/c5-3-1-2-4(6,13(7,8)9)14(10,11)12;;;;;;;/h6H,1-3,5H2,(H2,7,8,9)(H2,10,11,12);;;;1H2;;;/q;3*+1;;3*-1. The molecular weight excluding hydrogens is 321 g/mol. The van der Waals surface area contributed by atoms with Crippen LogP contribution in [0.5, 0.6) is 0 Å². The van der Waals surface area contributed by atoms with E-state index in [0.29, 0.717) is 0 Å². The minimum Gasteiger partial charge on any atom is -1.00 e. The van der Waals surface area contributed by atoms with Crippen LogP contribution in [-0.4, -0.2) is 41.8 Å². The second-order valence-electron chi connectivity index (χ2n) is 2.75. The van der Waals surface area contributed by atoms with Gasteiger partial charge in [0.2, 0.25) is 0 Å². The molecule has 0 rings (SSSR count). The summed E-state index contributed by atoms with van der Waals surface area (Å²) in [6.07, 6.45) is -0.856. The minimum absolute atomic E-state index is 0. The van der Waals surface area contributed by atoms with E-state index in [-0.39, 0.29) is 111 Å². The number of aliphatic hydroxyl groups is 1. The van der Waals surface area contributed by atoms with Crippen molar-refractivity contribution in [2.45, 2.75) is 17.9 Å². The maximum absolute atomic E-state index is 10.7. The van der Waals surface area contributed by atoms with Crippen molar-refractivity contribution in [3.63, 3.8) is 0 Å². The van der Waals surface area contributed by atoms with Crippen molar-refractivity contribution in [1.29, 1.82) is 0 Å². The molecule has 0 atom stereocenters. The third kappa shape index (κ3) is 9.25. The second kappa shape index (κ2) is 12.7. The molecular formula is C4H18NNa3O8P2. The molecule has 0 fully saturated rings. The molecule has 0 aromatic heterocycles. The third-order valence-corrected chi connectivity index (χ3v) is 5.53. The second-order valence-corrected chi connectivity index (χ2v) is 6.76. The van der Waals surface area contributed by atoms with Crippen LogP contribution in [-0.2, 0) is 9.13 Å². The third-order valence-electron chi connectivity index (χ3n) is 1.65. The number of hydrogen-bond acceptors (Lipinski definition) is 4. The molecule has 0 aromatic rings. The van der Waals surface area contributed by atoms with Crippen LogP contribution in [0.4, 0.5) is 0 Å². The zero-order valence-electron chi connectivity index (χ0n) is 13.6. The summed E-state index contributed by atoms with van der Waals surface area (Å²) < 4.78 is 21.4. The predicted octanol–water partition coefficient (Wildman–Crippen LogP) is -10.7. The van der Waals surface area contributed by atoms with E-state index in [1.165, 1.54) is 0 Å². The van der Waals surface area contributed by atoms with Crippen molar-refractivity contribution >= 4 is 15.2 Å². The van der Waals surface area contributed by atoms with Gasteiger partial charge in [-0.25, -0.2) is 0 Å². The summed E-state index contributed by atoms with van der Waals surface area (Å²) in [5.41, 5.74) is 5.01. The van der Waals surface area contributed by atoms with E-state index in [2.05, 4.69) is 0 Å². The average Bonchev–Trinajstić information content (AvgIpc) is 1.95. The molecule has 0 unspecified atom stereocenters. The Hall–Kier alpha value is 3.18. The maximum Gasteiger partial charge on any atom is 1.00 e. The van der Waals surface area contributed by atoms with Crippen molar-refractivity contribution < 1.29 is 132 Å². The fourth-order valence-electron chi connectivity index (χ4n) is 0.800. The molecule has 0 heterocycles. The molecule has 0 saturated carbocycles. The van der Waals surface area contributed by atoms with Crippen LogP contribution < -0.4 is 94.4 Å². The van der Waals surface area contributed by atoms with E-state index in [1.54, 1.807) is 0 Å². The van der Waals surface area contributed by atoms with Crippen LogP contribution >= 0.6 is 15.2 Å². The van der Waals surface area contributed by atoms with E-state index >= 15 is 0 Å². The molecule has 9 N–H and O–H groups in total. The van der Waals surface area contributed by atoms with Gasteiger partial charge in [0.05, 0.1) is 0 Å². The summed E-state index contributed by atoms with van der Waals surface area (Å²) in [6.45, 7) is -0.0394. The molecule has 9 nitrogen and oxygen atoms in total. The summed E-state index contributed by atoms with van der Waals surface area (Å²) in [6, 6.07) is 0. The summed E-state index contributed by atoms with van der Waals surface area (Å²) in [5, 5.41) is 5.91. The van der Waals surface area contributed by atoms with E-state index in [0.717, 1.165) is 0 Å². The molecule has 0 aromatic carbocycles. The minimum atomic E-state index is -5.30. The fraction of sp³-hybridized carbons (Fsp3) is 1.00. The molecule has 0 aliphatic rings. The van der Waals surface area contributed by atoms with Gasteiger partial charge in [-0.2, -0.15) is 0 Å². The van der Waals surface area contributed by atoms with Crippen molar-refractivity contribution in [2.24, 2.45) is 5.73 Å². The molecule has 0 radical (unpaired) electrons. The topological polar surface area (TPSA) is 193 Å². The van der Waals surface area contributed by atoms with Crippen molar-refractivity contribution in [1.82, 2.24) is 0 Å². The molecule has 0 bridgehead atoms. The van der Waals surface area contributed by atoms with Crippen molar-refractivity contribution in [3.05, 3.63) is 0 Å². The zero-order chi connectivity index (χ0) is 11.6. The largest absolute Gasteiger partial charge is 1.00 e. The fourth-order valence-corrected chi connectivity index (χ4v) is 3.06. The van der Waals surface area contributed by atoms with Gasteiger partial charge in [0.15, 0.2) is 0 Å². The molecule has 14 heteroatoms. The molecule has 0 aliphatic heterocycles. The average molecular weight is 339 g/mol. The summed E-state index contributed by atoms with van der Waals surface area (Å²) >= 11 is 0. The van der Waals surface area contributed by atoms with Crippen LogP contribution in [0, 0.1) is 0 Å². The summed E-state index contributed by atoms with van der Waals surface area (Å²) in [5.74, 6) is 0. The normalized spacial score (nSPS) is 11.2. The summed E-state index contributed by atoms with van der Waals surface area (Å²) in [4.78, 5) is 34.5. The first-order valence-corrected chi connectivity index (χ1v) is 6.82. The van der Waals surface area contributed by atoms with Gasteiger partial charge in [0, 0.05) is 6.42 Å². The van der Waals surface area contributed by atoms with Gasteiger partial charge in [0.1, 0.15) is 0 Å². The maximum atomic E-state index is 10.7. The Morgan fingerprint density at radius 1 is 1.00 bits per heavy atom. The zero-order valence-corrected chi connectivity index (χ0v) is 18.4. The predicted molar refractivity (Wildman–Crippen MR) is 54.3 cm³/mol. The Balaban J connectivity index is -0.0000000402. The van der Waals surface area contributed by atoms with E-state index in [4.69, 9.17) is 25.3 Å². The van der Waals surface area contributed by atoms with E-state index < -0.39 is 26.7 Å². The molecule has 100 valence electrons. The molecule has 18 heavy (non-hydrogen) atoms. The van der Waals surface area contributed by atoms with Crippen LogP contribution in [0.1, 0.15) is 17.1 Å². The van der Waals surface area contributed by atoms with Gasteiger partial charge < -0.3 is 40.2 Å². The van der Waals surface area contributed by atoms with Gasteiger partial charge in [-0.15, -0.1) is 0 Å². The number of hydrogen-bond donors (Lipinski definition) is 6. The summed E-state index contributed by atoms with van der Waals surface area (Å²) in [7, 11) is -10.6. The Labute approximate surface area is 175 Å². The Morgan fingerprint density at radius 3 is 1.44 bits per heavy atom. The van der Waals surface area contributed by atoms with Crippen LogP contribution in [0.3, 0.4) is 0 Å².